The van der Waals surface area contributed by atoms with Crippen LogP contribution in [0, 0.1) is 0 Å². The van der Waals surface area contributed by atoms with Crippen LogP contribution in [-0.4, -0.2) is 18.6 Å². The SMILES string of the molecule is CC[C@H](C)NC(=O)COc1ccc(Br)cc1Cl. The lowest BCUT2D eigenvalue weighted by Crippen LogP contribution is -2.35. The van der Waals surface area contributed by atoms with Gasteiger partial charge in [-0.1, -0.05) is 34.5 Å². The van der Waals surface area contributed by atoms with Gasteiger partial charge < -0.3 is 10.1 Å². The first-order valence-electron chi connectivity index (χ1n) is 5.40. The summed E-state index contributed by atoms with van der Waals surface area (Å²) < 4.78 is 6.21. The zero-order valence-corrected chi connectivity index (χ0v) is 12.1. The number of carbonyl (C=O) groups is 1. The summed E-state index contributed by atoms with van der Waals surface area (Å²) in [6.07, 6.45) is 0.894. The molecule has 1 aromatic rings. The molecule has 0 aromatic heterocycles. The second kappa shape index (κ2) is 6.87. The Morgan fingerprint density at radius 1 is 1.59 bits per heavy atom. The van der Waals surface area contributed by atoms with E-state index in [9.17, 15) is 4.79 Å². The highest BCUT2D eigenvalue weighted by atomic mass is 79.9. The highest BCUT2D eigenvalue weighted by molar-refractivity contribution is 9.10. The molecule has 5 heteroatoms. The Morgan fingerprint density at radius 3 is 2.88 bits per heavy atom. The molecule has 0 aliphatic carbocycles. The number of hydrogen-bond donors (Lipinski definition) is 1. The first-order chi connectivity index (χ1) is 8.02. The van der Waals surface area contributed by atoms with Crippen LogP contribution in [0.5, 0.6) is 5.75 Å². The summed E-state index contributed by atoms with van der Waals surface area (Å²) in [6.45, 7) is 3.94. The fourth-order valence-corrected chi connectivity index (χ4v) is 1.88. The third kappa shape index (κ3) is 4.96. The van der Waals surface area contributed by atoms with Crippen LogP contribution >= 0.6 is 27.5 Å². The van der Waals surface area contributed by atoms with Crippen molar-refractivity contribution in [3.8, 4) is 5.75 Å². The van der Waals surface area contributed by atoms with Crippen molar-refractivity contribution < 1.29 is 9.53 Å². The molecular weight excluding hydrogens is 305 g/mol. The van der Waals surface area contributed by atoms with Gasteiger partial charge in [-0.15, -0.1) is 0 Å². The molecule has 1 atom stereocenters. The van der Waals surface area contributed by atoms with Crippen LogP contribution in [0.2, 0.25) is 5.02 Å². The van der Waals surface area contributed by atoms with Crippen molar-refractivity contribution in [3.05, 3.63) is 27.7 Å². The van der Waals surface area contributed by atoms with E-state index in [1.165, 1.54) is 0 Å². The van der Waals surface area contributed by atoms with Gasteiger partial charge in [-0.25, -0.2) is 0 Å². The van der Waals surface area contributed by atoms with Gasteiger partial charge in [0.15, 0.2) is 6.61 Å². The van der Waals surface area contributed by atoms with Crippen LogP contribution in [0.25, 0.3) is 0 Å². The number of amides is 1. The van der Waals surface area contributed by atoms with E-state index in [1.54, 1.807) is 12.1 Å². The Balaban J connectivity index is 2.47. The van der Waals surface area contributed by atoms with Crippen molar-refractivity contribution >= 4 is 33.4 Å². The van der Waals surface area contributed by atoms with Crippen molar-refractivity contribution in [3.63, 3.8) is 0 Å². The van der Waals surface area contributed by atoms with Gasteiger partial charge in [0.2, 0.25) is 0 Å². The largest absolute Gasteiger partial charge is 0.482 e. The molecule has 0 bridgehead atoms. The average molecular weight is 321 g/mol. The minimum absolute atomic E-state index is 0.0221. The topological polar surface area (TPSA) is 38.3 Å². The second-order valence-corrected chi connectivity index (χ2v) is 5.06. The maximum Gasteiger partial charge on any atom is 0.258 e. The number of nitrogens with one attached hydrogen (secondary N) is 1. The van der Waals surface area contributed by atoms with Gasteiger partial charge in [0.25, 0.3) is 5.91 Å². The summed E-state index contributed by atoms with van der Waals surface area (Å²) in [4.78, 5) is 11.5. The van der Waals surface area contributed by atoms with Crippen LogP contribution in [0.15, 0.2) is 22.7 Å². The summed E-state index contributed by atoms with van der Waals surface area (Å²) in [5, 5.41) is 3.30. The standard InChI is InChI=1S/C12H15BrClNO2/c1-3-8(2)15-12(16)7-17-11-5-4-9(13)6-10(11)14/h4-6,8H,3,7H2,1-2H3,(H,15,16)/t8-/m0/s1. The van der Waals surface area contributed by atoms with Gasteiger partial charge in [-0.3, -0.25) is 4.79 Å². The van der Waals surface area contributed by atoms with Crippen LogP contribution in [-0.2, 0) is 4.79 Å². The molecule has 0 saturated carbocycles. The smallest absolute Gasteiger partial charge is 0.258 e. The molecule has 0 radical (unpaired) electrons. The summed E-state index contributed by atoms with van der Waals surface area (Å²) in [5.74, 6) is 0.368. The number of hydrogen-bond acceptors (Lipinski definition) is 2. The molecule has 94 valence electrons. The van der Waals surface area contributed by atoms with E-state index in [-0.39, 0.29) is 18.6 Å². The van der Waals surface area contributed by atoms with E-state index in [0.29, 0.717) is 10.8 Å². The van der Waals surface area contributed by atoms with E-state index < -0.39 is 0 Å². The van der Waals surface area contributed by atoms with Crippen molar-refractivity contribution in [1.29, 1.82) is 0 Å². The van der Waals surface area contributed by atoms with Crippen molar-refractivity contribution in [2.24, 2.45) is 0 Å². The molecule has 1 aromatic carbocycles. The Bertz CT molecular complexity index is 398. The highest BCUT2D eigenvalue weighted by Crippen LogP contribution is 2.27. The molecule has 0 spiro atoms. The maximum absolute atomic E-state index is 11.5. The number of rotatable bonds is 5. The summed E-state index contributed by atoms with van der Waals surface area (Å²) in [7, 11) is 0. The van der Waals surface area contributed by atoms with E-state index in [0.717, 1.165) is 10.9 Å². The van der Waals surface area contributed by atoms with Gasteiger partial charge in [0.05, 0.1) is 5.02 Å². The third-order valence-electron chi connectivity index (χ3n) is 2.27. The highest BCUT2D eigenvalue weighted by Gasteiger charge is 2.08. The van der Waals surface area contributed by atoms with Gasteiger partial charge >= 0.3 is 0 Å². The van der Waals surface area contributed by atoms with Crippen molar-refractivity contribution in [1.82, 2.24) is 5.32 Å². The van der Waals surface area contributed by atoms with E-state index in [1.807, 2.05) is 19.9 Å². The first-order valence-corrected chi connectivity index (χ1v) is 6.57. The third-order valence-corrected chi connectivity index (χ3v) is 3.06. The first kappa shape index (κ1) is 14.3. The molecule has 0 saturated heterocycles. The minimum atomic E-state index is -0.140. The zero-order chi connectivity index (χ0) is 12.8. The Morgan fingerprint density at radius 2 is 2.29 bits per heavy atom. The minimum Gasteiger partial charge on any atom is -0.482 e. The van der Waals surface area contributed by atoms with E-state index in [4.69, 9.17) is 16.3 Å². The van der Waals surface area contributed by atoms with Crippen LogP contribution in [0.4, 0.5) is 0 Å². The van der Waals surface area contributed by atoms with Crippen LogP contribution < -0.4 is 10.1 Å². The fraction of sp³-hybridized carbons (Fsp3) is 0.417. The summed E-state index contributed by atoms with van der Waals surface area (Å²) in [6, 6.07) is 5.42. The summed E-state index contributed by atoms with van der Waals surface area (Å²) in [5.41, 5.74) is 0. The predicted molar refractivity (Wildman–Crippen MR) is 72.5 cm³/mol. The fourth-order valence-electron chi connectivity index (χ4n) is 1.15. The normalized spacial score (nSPS) is 12.0. The Kier molecular flexibility index (Phi) is 5.78. The van der Waals surface area contributed by atoms with Gasteiger partial charge in [-0.2, -0.15) is 0 Å². The lowest BCUT2D eigenvalue weighted by Gasteiger charge is -2.12. The van der Waals surface area contributed by atoms with Crippen LogP contribution in [0.3, 0.4) is 0 Å². The molecule has 0 fully saturated rings. The van der Waals surface area contributed by atoms with E-state index in [2.05, 4.69) is 21.2 Å². The van der Waals surface area contributed by atoms with E-state index >= 15 is 0 Å². The quantitative estimate of drug-likeness (QED) is 0.903. The molecule has 0 aliphatic heterocycles. The molecule has 0 aliphatic rings. The molecule has 0 heterocycles. The zero-order valence-electron chi connectivity index (χ0n) is 9.80. The maximum atomic E-state index is 11.5. The van der Waals surface area contributed by atoms with Gasteiger partial charge in [0.1, 0.15) is 5.75 Å². The van der Waals surface area contributed by atoms with Gasteiger partial charge in [0, 0.05) is 10.5 Å². The molecule has 1 rings (SSSR count). The molecule has 0 unspecified atom stereocenters. The molecule has 17 heavy (non-hydrogen) atoms. The lowest BCUT2D eigenvalue weighted by atomic mass is 10.2. The Hall–Kier alpha value is -0.740. The molecule has 1 N–H and O–H groups in total. The van der Waals surface area contributed by atoms with Gasteiger partial charge in [-0.05, 0) is 31.5 Å². The lowest BCUT2D eigenvalue weighted by molar-refractivity contribution is -0.123. The summed E-state index contributed by atoms with van der Waals surface area (Å²) >= 11 is 9.26. The molecular formula is C12H15BrClNO2. The van der Waals surface area contributed by atoms with Crippen molar-refractivity contribution in [2.45, 2.75) is 26.3 Å². The number of benzene rings is 1. The monoisotopic (exact) mass is 319 g/mol. The Labute approximate surface area is 115 Å². The number of carbonyl (C=O) groups excluding carboxylic acids is 1. The number of ether oxygens (including phenoxy) is 1. The predicted octanol–water partition coefficient (Wildman–Crippen LogP) is 3.40. The average Bonchev–Trinajstić information content (AvgIpc) is 2.27. The second-order valence-electron chi connectivity index (χ2n) is 3.74. The number of halogens is 2. The van der Waals surface area contributed by atoms with Crippen molar-refractivity contribution in [2.75, 3.05) is 6.61 Å². The molecule has 1 amide bonds. The van der Waals surface area contributed by atoms with Crippen LogP contribution in [0.1, 0.15) is 20.3 Å². The molecule has 3 nitrogen and oxygen atoms in total.